The van der Waals surface area contributed by atoms with Gasteiger partial charge in [-0.15, -0.1) is 17.9 Å². The molecule has 0 saturated carbocycles. The molecule has 0 unspecified atom stereocenters. The molecular formula is C11H14N2O3S2. The highest BCUT2D eigenvalue weighted by Gasteiger charge is 2.15. The van der Waals surface area contributed by atoms with Crippen molar-refractivity contribution in [2.45, 2.75) is 10.6 Å². The first-order chi connectivity index (χ1) is 8.60. The Labute approximate surface area is 111 Å². The lowest BCUT2D eigenvalue weighted by atomic mass is 10.5. The summed E-state index contributed by atoms with van der Waals surface area (Å²) in [7, 11) is -3.53. The maximum Gasteiger partial charge on any atom is 0.250 e. The number of thiophene rings is 1. The van der Waals surface area contributed by atoms with Crippen LogP contribution < -0.4 is 4.72 Å². The highest BCUT2D eigenvalue weighted by Crippen LogP contribution is 2.20. The van der Waals surface area contributed by atoms with Crippen molar-refractivity contribution >= 4 is 21.4 Å². The zero-order valence-electron chi connectivity index (χ0n) is 9.76. The van der Waals surface area contributed by atoms with E-state index in [1.54, 1.807) is 6.08 Å². The summed E-state index contributed by atoms with van der Waals surface area (Å²) in [5, 5.41) is 8.63. The van der Waals surface area contributed by atoms with Crippen LogP contribution in [0.4, 0.5) is 0 Å². The Morgan fingerprint density at radius 1 is 1.50 bits per heavy atom. The lowest BCUT2D eigenvalue weighted by Crippen LogP contribution is -2.26. The number of hydrogen-bond donors (Lipinski definition) is 1. The van der Waals surface area contributed by atoms with E-state index in [1.165, 1.54) is 12.1 Å². The third kappa shape index (κ3) is 4.58. The van der Waals surface area contributed by atoms with Gasteiger partial charge in [0.1, 0.15) is 15.2 Å². The minimum Gasteiger partial charge on any atom is -0.380 e. The molecule has 0 aliphatic heterocycles. The molecule has 0 spiro atoms. The van der Waals surface area contributed by atoms with Crippen molar-refractivity contribution in [3.8, 4) is 6.07 Å². The van der Waals surface area contributed by atoms with Crippen LogP contribution in [0.25, 0.3) is 0 Å². The van der Waals surface area contributed by atoms with Crippen LogP contribution in [0.1, 0.15) is 11.3 Å². The summed E-state index contributed by atoms with van der Waals surface area (Å²) in [5.41, 5.74) is 0. The minimum atomic E-state index is -3.53. The SMILES string of the molecule is C=CCCOCCNS(=O)(=O)c1ccc(C#N)s1. The summed E-state index contributed by atoms with van der Waals surface area (Å²) in [6, 6.07) is 4.81. The van der Waals surface area contributed by atoms with Crippen molar-refractivity contribution in [1.82, 2.24) is 4.72 Å². The zero-order valence-corrected chi connectivity index (χ0v) is 11.4. The molecule has 0 radical (unpaired) electrons. The highest BCUT2D eigenvalue weighted by molar-refractivity contribution is 7.91. The van der Waals surface area contributed by atoms with Gasteiger partial charge in [-0.2, -0.15) is 5.26 Å². The molecule has 1 aromatic heterocycles. The topological polar surface area (TPSA) is 79.2 Å². The number of rotatable bonds is 8. The second-order valence-electron chi connectivity index (χ2n) is 3.32. The number of nitrogens with zero attached hydrogens (tertiary/aromatic N) is 1. The Morgan fingerprint density at radius 3 is 2.89 bits per heavy atom. The molecule has 0 atom stereocenters. The average molecular weight is 286 g/mol. The van der Waals surface area contributed by atoms with Gasteiger partial charge in [-0.25, -0.2) is 13.1 Å². The number of hydrogen-bond acceptors (Lipinski definition) is 5. The van der Waals surface area contributed by atoms with Gasteiger partial charge in [0, 0.05) is 6.54 Å². The second kappa shape index (κ2) is 7.28. The molecule has 0 bridgehead atoms. The lowest BCUT2D eigenvalue weighted by molar-refractivity contribution is 0.144. The fourth-order valence-corrected chi connectivity index (χ4v) is 3.27. The number of sulfonamides is 1. The first-order valence-electron chi connectivity index (χ1n) is 5.28. The summed E-state index contributed by atoms with van der Waals surface area (Å²) < 4.78 is 31.3. The monoisotopic (exact) mass is 286 g/mol. The summed E-state index contributed by atoms with van der Waals surface area (Å²) in [6.07, 6.45) is 2.47. The maximum atomic E-state index is 11.8. The van der Waals surface area contributed by atoms with E-state index >= 15 is 0 Å². The molecule has 0 fully saturated rings. The zero-order chi connectivity index (χ0) is 13.4. The fourth-order valence-electron chi connectivity index (χ4n) is 1.11. The first-order valence-corrected chi connectivity index (χ1v) is 7.58. The molecule has 1 N–H and O–H groups in total. The van der Waals surface area contributed by atoms with E-state index in [2.05, 4.69) is 11.3 Å². The molecule has 0 saturated heterocycles. The summed E-state index contributed by atoms with van der Waals surface area (Å²) in [5.74, 6) is 0. The molecule has 1 rings (SSSR count). The highest BCUT2D eigenvalue weighted by atomic mass is 32.2. The van der Waals surface area contributed by atoms with Gasteiger partial charge < -0.3 is 4.74 Å². The Balaban J connectivity index is 2.41. The quantitative estimate of drug-likeness (QED) is 0.580. The average Bonchev–Trinajstić information content (AvgIpc) is 2.83. The number of nitriles is 1. The predicted octanol–water partition coefficient (Wildman–Crippen LogP) is 1.49. The third-order valence-corrected chi connectivity index (χ3v) is 4.90. The molecule has 98 valence electrons. The molecule has 1 aromatic rings. The summed E-state index contributed by atoms with van der Waals surface area (Å²) in [6.45, 7) is 4.60. The molecule has 1 heterocycles. The molecule has 0 aliphatic rings. The van der Waals surface area contributed by atoms with Crippen molar-refractivity contribution in [1.29, 1.82) is 5.26 Å². The smallest absolute Gasteiger partial charge is 0.250 e. The number of ether oxygens (including phenoxy) is 1. The standard InChI is InChI=1S/C11H14N2O3S2/c1-2-3-7-16-8-6-13-18(14,15)11-5-4-10(9-12)17-11/h2,4-5,13H,1,3,6-8H2. The van der Waals surface area contributed by atoms with Gasteiger partial charge >= 0.3 is 0 Å². The van der Waals surface area contributed by atoms with Crippen LogP contribution in [0, 0.1) is 11.3 Å². The van der Waals surface area contributed by atoms with E-state index in [1.807, 2.05) is 6.07 Å². The van der Waals surface area contributed by atoms with Gasteiger partial charge in [-0.3, -0.25) is 0 Å². The van der Waals surface area contributed by atoms with E-state index in [0.29, 0.717) is 18.1 Å². The van der Waals surface area contributed by atoms with E-state index in [-0.39, 0.29) is 10.8 Å². The van der Waals surface area contributed by atoms with Crippen LogP contribution in [-0.4, -0.2) is 28.2 Å². The normalized spacial score (nSPS) is 11.1. The second-order valence-corrected chi connectivity index (χ2v) is 6.40. The molecule has 0 amide bonds. The van der Waals surface area contributed by atoms with E-state index in [4.69, 9.17) is 10.00 Å². The molecule has 0 aliphatic carbocycles. The molecular weight excluding hydrogens is 272 g/mol. The predicted molar refractivity (Wildman–Crippen MR) is 69.9 cm³/mol. The summed E-state index contributed by atoms with van der Waals surface area (Å²) >= 11 is 0.946. The summed E-state index contributed by atoms with van der Waals surface area (Å²) in [4.78, 5) is 0.373. The van der Waals surface area contributed by atoms with Crippen LogP contribution >= 0.6 is 11.3 Å². The van der Waals surface area contributed by atoms with Crippen molar-refractivity contribution in [3.63, 3.8) is 0 Å². The van der Waals surface area contributed by atoms with Gasteiger partial charge in [-0.05, 0) is 18.6 Å². The maximum absolute atomic E-state index is 11.8. The van der Waals surface area contributed by atoms with Crippen LogP contribution in [0.3, 0.4) is 0 Å². The van der Waals surface area contributed by atoms with Gasteiger partial charge in [0.2, 0.25) is 10.0 Å². The minimum absolute atomic E-state index is 0.144. The van der Waals surface area contributed by atoms with E-state index in [9.17, 15) is 8.42 Å². The lowest BCUT2D eigenvalue weighted by Gasteiger charge is -2.05. The molecule has 7 heteroatoms. The van der Waals surface area contributed by atoms with E-state index < -0.39 is 10.0 Å². The first kappa shape index (κ1) is 14.9. The molecule has 5 nitrogen and oxygen atoms in total. The van der Waals surface area contributed by atoms with Gasteiger partial charge in [-0.1, -0.05) is 6.08 Å². The van der Waals surface area contributed by atoms with Gasteiger partial charge in [0.25, 0.3) is 0 Å². The van der Waals surface area contributed by atoms with Crippen LogP contribution in [0.2, 0.25) is 0 Å². The van der Waals surface area contributed by atoms with Crippen molar-refractivity contribution in [2.24, 2.45) is 0 Å². The van der Waals surface area contributed by atoms with Crippen LogP contribution in [-0.2, 0) is 14.8 Å². The van der Waals surface area contributed by atoms with Crippen molar-refractivity contribution in [2.75, 3.05) is 19.8 Å². The Morgan fingerprint density at radius 2 is 2.28 bits per heavy atom. The fraction of sp³-hybridized carbons (Fsp3) is 0.364. The van der Waals surface area contributed by atoms with Crippen LogP contribution in [0.5, 0.6) is 0 Å². The van der Waals surface area contributed by atoms with Crippen molar-refractivity contribution in [3.05, 3.63) is 29.7 Å². The largest absolute Gasteiger partial charge is 0.380 e. The van der Waals surface area contributed by atoms with Crippen LogP contribution in [0.15, 0.2) is 29.0 Å². The Bertz CT molecular complexity index is 529. The Kier molecular flexibility index (Phi) is 6.01. The molecule has 0 aromatic carbocycles. The van der Waals surface area contributed by atoms with Crippen molar-refractivity contribution < 1.29 is 13.2 Å². The van der Waals surface area contributed by atoms with E-state index in [0.717, 1.165) is 17.8 Å². The molecule has 18 heavy (non-hydrogen) atoms. The number of nitrogens with one attached hydrogen (secondary N) is 1. The van der Waals surface area contributed by atoms with Gasteiger partial charge in [0.15, 0.2) is 0 Å². The Hall–Kier alpha value is -1.20. The third-order valence-electron chi connectivity index (χ3n) is 1.96. The van der Waals surface area contributed by atoms with Gasteiger partial charge in [0.05, 0.1) is 13.2 Å².